The molecule has 0 saturated carbocycles. The van der Waals surface area contributed by atoms with Crippen molar-refractivity contribution >= 4 is 12.0 Å². The van der Waals surface area contributed by atoms with Crippen LogP contribution in [0.25, 0.3) is 0 Å². The fourth-order valence-electron chi connectivity index (χ4n) is 2.09. The van der Waals surface area contributed by atoms with Crippen LogP contribution < -0.4 is 10.6 Å². The Bertz CT molecular complexity index is 476. The number of hydrogen-bond acceptors (Lipinski definition) is 2. The first-order chi connectivity index (χ1) is 9.90. The monoisotopic (exact) mass is 292 g/mol. The number of amides is 2. The average Bonchev–Trinajstić information content (AvgIpc) is 2.45. The molecule has 0 saturated heterocycles. The molecule has 0 heterocycles. The van der Waals surface area contributed by atoms with Crippen LogP contribution in [0, 0.1) is 0 Å². The largest absolute Gasteiger partial charge is 0.479 e. The molecule has 2 unspecified atom stereocenters. The van der Waals surface area contributed by atoms with E-state index in [1.165, 1.54) is 6.92 Å². The molecule has 0 aliphatic heterocycles. The van der Waals surface area contributed by atoms with E-state index in [0.717, 1.165) is 19.3 Å². The normalized spacial score (nSPS) is 14.8. The molecule has 21 heavy (non-hydrogen) atoms. The minimum Gasteiger partial charge on any atom is -0.479 e. The van der Waals surface area contributed by atoms with Crippen LogP contribution in [0.2, 0.25) is 0 Å². The molecule has 2 atom stereocenters. The van der Waals surface area contributed by atoms with E-state index in [1.807, 2.05) is 6.92 Å². The third kappa shape index (κ3) is 4.77. The molecule has 2 amide bonds. The minimum atomic E-state index is -1.45. The van der Waals surface area contributed by atoms with Crippen molar-refractivity contribution in [1.82, 2.24) is 10.6 Å². The lowest BCUT2D eigenvalue weighted by Crippen LogP contribution is -2.54. The quantitative estimate of drug-likeness (QED) is 0.723. The van der Waals surface area contributed by atoms with Crippen molar-refractivity contribution < 1.29 is 14.7 Å². The van der Waals surface area contributed by atoms with Crippen molar-refractivity contribution in [1.29, 1.82) is 0 Å². The van der Waals surface area contributed by atoms with Crippen molar-refractivity contribution in [3.8, 4) is 0 Å². The number of carbonyl (C=O) groups is 2. The Balaban J connectivity index is 2.75. The first-order valence-corrected chi connectivity index (χ1v) is 7.27. The number of carboxylic acids is 1. The number of carbonyl (C=O) groups excluding carboxylic acids is 1. The third-order valence-electron chi connectivity index (χ3n) is 3.51. The Kier molecular flexibility index (Phi) is 6.21. The molecule has 0 aromatic heterocycles. The Hall–Kier alpha value is -2.04. The first-order valence-electron chi connectivity index (χ1n) is 7.27. The summed E-state index contributed by atoms with van der Waals surface area (Å²) in [5.41, 5.74) is -0.913. The summed E-state index contributed by atoms with van der Waals surface area (Å²) in [5.74, 6) is -1.09. The maximum absolute atomic E-state index is 12.0. The van der Waals surface area contributed by atoms with E-state index in [2.05, 4.69) is 17.6 Å². The van der Waals surface area contributed by atoms with E-state index in [1.54, 1.807) is 30.3 Å². The van der Waals surface area contributed by atoms with Gasteiger partial charge in [0.25, 0.3) is 0 Å². The van der Waals surface area contributed by atoms with E-state index in [0.29, 0.717) is 5.56 Å². The molecule has 1 aromatic carbocycles. The summed E-state index contributed by atoms with van der Waals surface area (Å²) >= 11 is 0. The van der Waals surface area contributed by atoms with Gasteiger partial charge in [-0.25, -0.2) is 9.59 Å². The molecule has 0 spiro atoms. The van der Waals surface area contributed by atoms with Gasteiger partial charge in [0.2, 0.25) is 0 Å². The zero-order valence-electron chi connectivity index (χ0n) is 12.8. The second-order valence-electron chi connectivity index (χ2n) is 5.44. The number of hydrogen-bond donors (Lipinski definition) is 3. The Morgan fingerprint density at radius 1 is 1.29 bits per heavy atom. The van der Waals surface area contributed by atoms with Gasteiger partial charge in [-0.05, 0) is 25.8 Å². The fourth-order valence-corrected chi connectivity index (χ4v) is 2.09. The number of nitrogens with one attached hydrogen (secondary N) is 2. The van der Waals surface area contributed by atoms with Crippen LogP contribution in [0.5, 0.6) is 0 Å². The van der Waals surface area contributed by atoms with E-state index < -0.39 is 17.5 Å². The summed E-state index contributed by atoms with van der Waals surface area (Å²) in [6, 6.07) is 8.23. The molecule has 3 N–H and O–H groups in total. The smallest absolute Gasteiger partial charge is 0.333 e. The van der Waals surface area contributed by atoms with Gasteiger partial charge in [0.05, 0.1) is 0 Å². The highest BCUT2D eigenvalue weighted by atomic mass is 16.4. The molecule has 116 valence electrons. The molecule has 0 fully saturated rings. The summed E-state index contributed by atoms with van der Waals surface area (Å²) in [6.07, 6.45) is 2.96. The minimum absolute atomic E-state index is 0.0127. The van der Waals surface area contributed by atoms with E-state index in [-0.39, 0.29) is 6.04 Å². The van der Waals surface area contributed by atoms with Crippen molar-refractivity contribution in [2.24, 2.45) is 0 Å². The Morgan fingerprint density at radius 3 is 2.43 bits per heavy atom. The Labute approximate surface area is 125 Å². The number of benzene rings is 1. The number of urea groups is 1. The van der Waals surface area contributed by atoms with Gasteiger partial charge in [-0.15, -0.1) is 0 Å². The Morgan fingerprint density at radius 2 is 1.90 bits per heavy atom. The predicted molar refractivity (Wildman–Crippen MR) is 82.1 cm³/mol. The lowest BCUT2D eigenvalue weighted by Gasteiger charge is -2.27. The van der Waals surface area contributed by atoms with Crippen LogP contribution in [0.3, 0.4) is 0 Å². The molecule has 1 rings (SSSR count). The topological polar surface area (TPSA) is 78.4 Å². The third-order valence-corrected chi connectivity index (χ3v) is 3.51. The average molecular weight is 292 g/mol. The summed E-state index contributed by atoms with van der Waals surface area (Å²) in [7, 11) is 0. The van der Waals surface area contributed by atoms with Gasteiger partial charge in [0, 0.05) is 6.04 Å². The SMILES string of the molecule is CCCCC(C)NC(=O)NC(C)(C(=O)O)c1ccccc1. The highest BCUT2D eigenvalue weighted by Gasteiger charge is 2.36. The van der Waals surface area contributed by atoms with Crippen LogP contribution in [0.1, 0.15) is 45.6 Å². The zero-order chi connectivity index (χ0) is 15.9. The first kappa shape index (κ1) is 17.0. The van der Waals surface area contributed by atoms with Crippen LogP contribution in [0.4, 0.5) is 4.79 Å². The maximum atomic E-state index is 12.0. The summed E-state index contributed by atoms with van der Waals surface area (Å²) in [4.78, 5) is 23.6. The van der Waals surface area contributed by atoms with E-state index in [9.17, 15) is 14.7 Å². The fraction of sp³-hybridized carbons (Fsp3) is 0.500. The van der Waals surface area contributed by atoms with Gasteiger partial charge in [-0.2, -0.15) is 0 Å². The van der Waals surface area contributed by atoms with Gasteiger partial charge >= 0.3 is 12.0 Å². The molecule has 5 nitrogen and oxygen atoms in total. The van der Waals surface area contributed by atoms with Crippen LogP contribution in [-0.4, -0.2) is 23.1 Å². The highest BCUT2D eigenvalue weighted by molar-refractivity contribution is 5.87. The molecule has 0 aliphatic rings. The molecular formula is C16H24N2O3. The van der Waals surface area contributed by atoms with E-state index >= 15 is 0 Å². The molecule has 5 heteroatoms. The van der Waals surface area contributed by atoms with Gasteiger partial charge < -0.3 is 15.7 Å². The van der Waals surface area contributed by atoms with Crippen LogP contribution in [0.15, 0.2) is 30.3 Å². The van der Waals surface area contributed by atoms with Crippen LogP contribution >= 0.6 is 0 Å². The summed E-state index contributed by atoms with van der Waals surface area (Å²) in [6.45, 7) is 5.49. The van der Waals surface area contributed by atoms with Gasteiger partial charge in [0.15, 0.2) is 5.54 Å². The number of carboxylic acid groups (broad SMARTS) is 1. The second kappa shape index (κ2) is 7.67. The van der Waals surface area contributed by atoms with Crippen LogP contribution in [-0.2, 0) is 10.3 Å². The number of unbranched alkanes of at least 4 members (excludes halogenated alkanes) is 1. The predicted octanol–water partition coefficient (Wildman–Crippen LogP) is 2.86. The number of aliphatic carboxylic acids is 1. The van der Waals surface area contributed by atoms with Crippen molar-refractivity contribution in [3.63, 3.8) is 0 Å². The lowest BCUT2D eigenvalue weighted by atomic mass is 9.92. The summed E-state index contributed by atoms with van der Waals surface area (Å²) in [5, 5.41) is 14.8. The summed E-state index contributed by atoms with van der Waals surface area (Å²) < 4.78 is 0. The van der Waals surface area contributed by atoms with E-state index in [4.69, 9.17) is 0 Å². The molecular weight excluding hydrogens is 268 g/mol. The molecule has 0 bridgehead atoms. The van der Waals surface area contributed by atoms with Crippen molar-refractivity contribution in [2.45, 2.75) is 51.6 Å². The van der Waals surface area contributed by atoms with Gasteiger partial charge in [0.1, 0.15) is 0 Å². The van der Waals surface area contributed by atoms with Gasteiger partial charge in [-0.1, -0.05) is 50.1 Å². The van der Waals surface area contributed by atoms with Gasteiger partial charge in [-0.3, -0.25) is 0 Å². The lowest BCUT2D eigenvalue weighted by molar-refractivity contribution is -0.144. The molecule has 0 aliphatic carbocycles. The van der Waals surface area contributed by atoms with Crippen molar-refractivity contribution in [2.75, 3.05) is 0 Å². The molecule has 1 aromatic rings. The highest BCUT2D eigenvalue weighted by Crippen LogP contribution is 2.20. The second-order valence-corrected chi connectivity index (χ2v) is 5.44. The maximum Gasteiger partial charge on any atom is 0.333 e. The van der Waals surface area contributed by atoms with Crippen molar-refractivity contribution in [3.05, 3.63) is 35.9 Å². The standard InChI is InChI=1S/C16H24N2O3/c1-4-5-9-12(2)17-15(21)18-16(3,14(19)20)13-10-7-6-8-11-13/h6-8,10-12H,4-5,9H2,1-3H3,(H,19,20)(H2,17,18,21). The number of rotatable bonds is 7. The molecule has 0 radical (unpaired) electrons. The zero-order valence-corrected chi connectivity index (χ0v) is 12.8.